The first-order valence-corrected chi connectivity index (χ1v) is 7.11. The van der Waals surface area contributed by atoms with E-state index in [0.717, 1.165) is 25.7 Å². The molecule has 0 bridgehead atoms. The van der Waals surface area contributed by atoms with Gasteiger partial charge in [0, 0.05) is 38.1 Å². The van der Waals surface area contributed by atoms with Crippen molar-refractivity contribution in [2.24, 2.45) is 11.7 Å². The minimum atomic E-state index is 0.221. The number of hydrogen-bond acceptors (Lipinski definition) is 4. The van der Waals surface area contributed by atoms with Crippen LogP contribution >= 0.6 is 0 Å². The molecule has 1 aliphatic carbocycles. The van der Waals surface area contributed by atoms with Gasteiger partial charge >= 0.3 is 0 Å². The highest BCUT2D eigenvalue weighted by Gasteiger charge is 2.21. The van der Waals surface area contributed by atoms with Crippen molar-refractivity contribution in [2.45, 2.75) is 25.8 Å². The minimum Gasteiger partial charge on any atom is -0.380 e. The topological polar surface area (TPSA) is 51.4 Å². The smallest absolute Gasteiger partial charge is 0.0593 e. The van der Waals surface area contributed by atoms with E-state index >= 15 is 0 Å². The molecule has 19 heavy (non-hydrogen) atoms. The van der Waals surface area contributed by atoms with Crippen LogP contribution in [0.25, 0.3) is 0 Å². The molecule has 4 heteroatoms. The van der Waals surface area contributed by atoms with Gasteiger partial charge in [-0.15, -0.1) is 0 Å². The van der Waals surface area contributed by atoms with Gasteiger partial charge in [-0.05, 0) is 49.9 Å². The molecular weight excluding hydrogens is 238 g/mol. The summed E-state index contributed by atoms with van der Waals surface area (Å²) in [6.07, 6.45) is 6.44. The number of likely N-dealkylation sites (N-methyl/N-ethyl adjacent to an activating group) is 1. The summed E-state index contributed by atoms with van der Waals surface area (Å²) in [6, 6.07) is 2.26. The molecule has 1 unspecified atom stereocenters. The van der Waals surface area contributed by atoms with Crippen molar-refractivity contribution >= 4 is 0 Å². The second-order valence-corrected chi connectivity index (χ2v) is 5.48. The molecule has 0 aromatic carbocycles. The number of aromatic nitrogens is 1. The zero-order valence-corrected chi connectivity index (χ0v) is 12.0. The van der Waals surface area contributed by atoms with Crippen LogP contribution in [0.3, 0.4) is 0 Å². The van der Waals surface area contributed by atoms with Gasteiger partial charge in [0.25, 0.3) is 0 Å². The lowest BCUT2D eigenvalue weighted by Gasteiger charge is -2.28. The van der Waals surface area contributed by atoms with Crippen molar-refractivity contribution in [2.75, 3.05) is 33.4 Å². The van der Waals surface area contributed by atoms with Crippen LogP contribution < -0.4 is 5.73 Å². The third-order valence-electron chi connectivity index (χ3n) is 3.83. The standard InChI is InChI=1S/C15H25N3O/c1-12-5-6-17-10-14(12)15(9-16)18(2)7-8-19-11-13-3-4-13/h5-6,10,13,15H,3-4,7-9,11,16H2,1-2H3. The van der Waals surface area contributed by atoms with E-state index in [1.165, 1.54) is 24.0 Å². The highest BCUT2D eigenvalue weighted by atomic mass is 16.5. The minimum absolute atomic E-state index is 0.221. The van der Waals surface area contributed by atoms with Crippen LogP contribution in [0, 0.1) is 12.8 Å². The number of pyridine rings is 1. The summed E-state index contributed by atoms with van der Waals surface area (Å²) >= 11 is 0. The number of nitrogens with zero attached hydrogens (tertiary/aromatic N) is 2. The first-order chi connectivity index (χ1) is 9.22. The summed E-state index contributed by atoms with van der Waals surface area (Å²) in [4.78, 5) is 6.47. The van der Waals surface area contributed by atoms with Crippen molar-refractivity contribution in [1.29, 1.82) is 0 Å². The number of aryl methyl sites for hydroxylation is 1. The lowest BCUT2D eigenvalue weighted by molar-refractivity contribution is 0.0921. The van der Waals surface area contributed by atoms with Gasteiger partial charge in [0.15, 0.2) is 0 Å². The molecule has 1 aromatic rings. The van der Waals surface area contributed by atoms with Crippen LogP contribution in [0.15, 0.2) is 18.5 Å². The quantitative estimate of drug-likeness (QED) is 0.726. The lowest BCUT2D eigenvalue weighted by atomic mass is 10.0. The maximum absolute atomic E-state index is 5.93. The van der Waals surface area contributed by atoms with Crippen molar-refractivity contribution in [1.82, 2.24) is 9.88 Å². The highest BCUT2D eigenvalue weighted by molar-refractivity contribution is 5.25. The maximum atomic E-state index is 5.93. The molecule has 1 atom stereocenters. The van der Waals surface area contributed by atoms with Gasteiger partial charge in [0.1, 0.15) is 0 Å². The van der Waals surface area contributed by atoms with Crippen LogP contribution in [0.2, 0.25) is 0 Å². The second-order valence-electron chi connectivity index (χ2n) is 5.48. The van der Waals surface area contributed by atoms with E-state index in [4.69, 9.17) is 10.5 Å². The normalized spacial score (nSPS) is 16.8. The monoisotopic (exact) mass is 263 g/mol. The Hall–Kier alpha value is -0.970. The van der Waals surface area contributed by atoms with E-state index in [9.17, 15) is 0 Å². The van der Waals surface area contributed by atoms with Gasteiger partial charge in [-0.1, -0.05) is 0 Å². The Morgan fingerprint density at radius 2 is 2.32 bits per heavy atom. The number of rotatable bonds is 8. The molecule has 1 saturated carbocycles. The SMILES string of the molecule is Cc1ccncc1C(CN)N(C)CCOCC1CC1. The molecule has 106 valence electrons. The van der Waals surface area contributed by atoms with E-state index in [0.29, 0.717) is 6.54 Å². The molecule has 0 saturated heterocycles. The summed E-state index contributed by atoms with van der Waals surface area (Å²) in [6.45, 7) is 5.32. The van der Waals surface area contributed by atoms with Crippen LogP contribution in [0.5, 0.6) is 0 Å². The molecular formula is C15H25N3O. The third-order valence-corrected chi connectivity index (χ3v) is 3.83. The second kappa shape index (κ2) is 6.98. The van der Waals surface area contributed by atoms with Crippen molar-refractivity contribution < 1.29 is 4.74 Å². The first-order valence-electron chi connectivity index (χ1n) is 7.11. The van der Waals surface area contributed by atoms with Crippen LogP contribution in [0.4, 0.5) is 0 Å². The average Bonchev–Trinajstić information content (AvgIpc) is 3.22. The predicted molar refractivity (Wildman–Crippen MR) is 76.9 cm³/mol. The van der Waals surface area contributed by atoms with E-state index in [1.807, 2.05) is 18.5 Å². The van der Waals surface area contributed by atoms with Crippen LogP contribution in [-0.2, 0) is 4.74 Å². The van der Waals surface area contributed by atoms with Crippen molar-refractivity contribution in [3.05, 3.63) is 29.6 Å². The Morgan fingerprint density at radius 1 is 1.53 bits per heavy atom. The van der Waals surface area contributed by atoms with Crippen LogP contribution in [0.1, 0.15) is 30.0 Å². The number of hydrogen-bond donors (Lipinski definition) is 1. The lowest BCUT2D eigenvalue weighted by Crippen LogP contribution is -2.33. The summed E-state index contributed by atoms with van der Waals surface area (Å²) in [5.74, 6) is 0.830. The van der Waals surface area contributed by atoms with Gasteiger partial charge in [-0.3, -0.25) is 9.88 Å². The Bertz CT molecular complexity index is 393. The fourth-order valence-corrected chi connectivity index (χ4v) is 2.27. The maximum Gasteiger partial charge on any atom is 0.0593 e. The summed E-state index contributed by atoms with van der Waals surface area (Å²) < 4.78 is 5.69. The molecule has 0 radical (unpaired) electrons. The first kappa shape index (κ1) is 14.4. The molecule has 4 nitrogen and oxygen atoms in total. The van der Waals surface area contributed by atoms with E-state index < -0.39 is 0 Å². The molecule has 1 aromatic heterocycles. The molecule has 1 fully saturated rings. The Morgan fingerprint density at radius 3 is 2.95 bits per heavy atom. The fourth-order valence-electron chi connectivity index (χ4n) is 2.27. The van der Waals surface area contributed by atoms with Crippen molar-refractivity contribution in [3.8, 4) is 0 Å². The molecule has 0 spiro atoms. The number of nitrogens with two attached hydrogens (primary N) is 1. The van der Waals surface area contributed by atoms with E-state index in [-0.39, 0.29) is 6.04 Å². The Balaban J connectivity index is 1.83. The highest BCUT2D eigenvalue weighted by Crippen LogP contribution is 2.28. The summed E-state index contributed by atoms with van der Waals surface area (Å²) in [7, 11) is 2.10. The Kier molecular flexibility index (Phi) is 5.31. The molecule has 2 rings (SSSR count). The van der Waals surface area contributed by atoms with Gasteiger partial charge < -0.3 is 10.5 Å². The van der Waals surface area contributed by atoms with E-state index in [2.05, 4.69) is 23.9 Å². The number of ether oxygens (including phenoxy) is 1. The largest absolute Gasteiger partial charge is 0.380 e. The van der Waals surface area contributed by atoms with Crippen molar-refractivity contribution in [3.63, 3.8) is 0 Å². The molecule has 1 aliphatic rings. The summed E-state index contributed by atoms with van der Waals surface area (Å²) in [5.41, 5.74) is 8.39. The summed E-state index contributed by atoms with van der Waals surface area (Å²) in [5, 5.41) is 0. The molecule has 2 N–H and O–H groups in total. The van der Waals surface area contributed by atoms with E-state index in [1.54, 1.807) is 0 Å². The van der Waals surface area contributed by atoms with Crippen LogP contribution in [-0.4, -0.2) is 43.2 Å². The zero-order valence-electron chi connectivity index (χ0n) is 12.0. The average molecular weight is 263 g/mol. The van der Waals surface area contributed by atoms with Gasteiger partial charge in [-0.25, -0.2) is 0 Å². The van der Waals surface area contributed by atoms with Gasteiger partial charge in [0.2, 0.25) is 0 Å². The zero-order chi connectivity index (χ0) is 13.7. The van der Waals surface area contributed by atoms with Gasteiger partial charge in [0.05, 0.1) is 6.61 Å². The molecule has 0 amide bonds. The Labute approximate surface area is 116 Å². The molecule has 1 heterocycles. The predicted octanol–water partition coefficient (Wildman–Crippen LogP) is 1.75. The fraction of sp³-hybridized carbons (Fsp3) is 0.667. The molecule has 0 aliphatic heterocycles. The third kappa shape index (κ3) is 4.27. The van der Waals surface area contributed by atoms with Gasteiger partial charge in [-0.2, -0.15) is 0 Å².